The summed E-state index contributed by atoms with van der Waals surface area (Å²) in [6.07, 6.45) is 4.20. The molecule has 3 rings (SSSR count). The predicted molar refractivity (Wildman–Crippen MR) is 79.2 cm³/mol. The maximum atomic E-state index is 9.87. The lowest BCUT2D eigenvalue weighted by atomic mass is 10.1. The second-order valence-corrected chi connectivity index (χ2v) is 5.29. The van der Waals surface area contributed by atoms with Crippen molar-refractivity contribution in [3.8, 4) is 5.75 Å². The molecule has 1 aromatic carbocycles. The van der Waals surface area contributed by atoms with E-state index in [0.717, 1.165) is 18.8 Å². The number of hydrogen-bond donors (Lipinski definition) is 4. The Morgan fingerprint density at radius 2 is 2.20 bits per heavy atom. The average molecular weight is 272 g/mol. The quantitative estimate of drug-likeness (QED) is 0.642. The van der Waals surface area contributed by atoms with Crippen LogP contribution in [0.25, 0.3) is 5.70 Å². The number of allylic oxidation sites excluding steroid dienone is 1. The molecule has 1 aromatic rings. The van der Waals surface area contributed by atoms with Crippen LogP contribution >= 0.6 is 0 Å². The lowest BCUT2D eigenvalue weighted by molar-refractivity contribution is 0.296. The molecule has 5 nitrogen and oxygen atoms in total. The minimum absolute atomic E-state index is 0.183. The second kappa shape index (κ2) is 5.00. The molecule has 1 unspecified atom stereocenters. The Balaban J connectivity index is 1.96. The number of nitrogens with two attached hydrogens (primary N) is 2. The Morgan fingerprint density at radius 3 is 3.00 bits per heavy atom. The van der Waals surface area contributed by atoms with Gasteiger partial charge in [0, 0.05) is 30.4 Å². The summed E-state index contributed by atoms with van der Waals surface area (Å²) >= 11 is 0. The van der Waals surface area contributed by atoms with Crippen molar-refractivity contribution < 1.29 is 5.11 Å². The molecule has 0 radical (unpaired) electrons. The van der Waals surface area contributed by atoms with E-state index in [4.69, 9.17) is 11.5 Å². The van der Waals surface area contributed by atoms with E-state index in [0.29, 0.717) is 23.1 Å². The van der Waals surface area contributed by atoms with Crippen molar-refractivity contribution in [2.75, 3.05) is 13.1 Å². The molecule has 2 heterocycles. The SMILES string of the molecule is NC1=C(/C=C(\N)c2ccccc2O)N2CCCC2CN1. The van der Waals surface area contributed by atoms with Gasteiger partial charge in [0.05, 0.1) is 5.70 Å². The predicted octanol–water partition coefficient (Wildman–Crippen LogP) is 0.887. The number of hydrogen-bond acceptors (Lipinski definition) is 5. The van der Waals surface area contributed by atoms with Gasteiger partial charge in [0.25, 0.3) is 0 Å². The molecule has 1 fully saturated rings. The van der Waals surface area contributed by atoms with Gasteiger partial charge >= 0.3 is 0 Å². The van der Waals surface area contributed by atoms with Gasteiger partial charge in [-0.05, 0) is 31.1 Å². The van der Waals surface area contributed by atoms with Crippen LogP contribution in [-0.4, -0.2) is 29.1 Å². The Labute approximate surface area is 118 Å². The monoisotopic (exact) mass is 272 g/mol. The Bertz CT molecular complexity index is 579. The van der Waals surface area contributed by atoms with E-state index < -0.39 is 0 Å². The van der Waals surface area contributed by atoms with E-state index >= 15 is 0 Å². The van der Waals surface area contributed by atoms with Crippen LogP contribution in [0.4, 0.5) is 0 Å². The molecule has 0 spiro atoms. The highest BCUT2D eigenvalue weighted by Crippen LogP contribution is 2.29. The van der Waals surface area contributed by atoms with E-state index in [9.17, 15) is 5.11 Å². The summed E-state index contributed by atoms with van der Waals surface area (Å²) in [5.41, 5.74) is 14.3. The third-order valence-corrected chi connectivity index (χ3v) is 4.00. The maximum absolute atomic E-state index is 9.87. The molecule has 0 aliphatic carbocycles. The highest BCUT2D eigenvalue weighted by atomic mass is 16.3. The topological polar surface area (TPSA) is 87.5 Å². The van der Waals surface area contributed by atoms with E-state index in [-0.39, 0.29) is 5.75 Å². The van der Waals surface area contributed by atoms with Gasteiger partial charge in [-0.25, -0.2) is 0 Å². The molecular formula is C15H20N4O. The molecule has 5 heteroatoms. The van der Waals surface area contributed by atoms with Gasteiger partial charge in [0.1, 0.15) is 11.6 Å². The largest absolute Gasteiger partial charge is 0.507 e. The van der Waals surface area contributed by atoms with Crippen molar-refractivity contribution in [1.82, 2.24) is 10.2 Å². The molecule has 0 saturated carbocycles. The molecule has 1 saturated heterocycles. The Morgan fingerprint density at radius 1 is 1.40 bits per heavy atom. The lowest BCUT2D eigenvalue weighted by Gasteiger charge is -2.34. The summed E-state index contributed by atoms with van der Waals surface area (Å²) < 4.78 is 0. The molecule has 2 aliphatic rings. The molecular weight excluding hydrogens is 252 g/mol. The fourth-order valence-electron chi connectivity index (χ4n) is 2.94. The zero-order valence-electron chi connectivity index (χ0n) is 11.3. The summed E-state index contributed by atoms with van der Waals surface area (Å²) in [6.45, 7) is 1.90. The number of nitrogens with zero attached hydrogens (tertiary/aromatic N) is 1. The highest BCUT2D eigenvalue weighted by Gasteiger charge is 2.30. The zero-order chi connectivity index (χ0) is 14.1. The van der Waals surface area contributed by atoms with Gasteiger partial charge in [-0.15, -0.1) is 0 Å². The minimum Gasteiger partial charge on any atom is -0.507 e. The summed E-state index contributed by atoms with van der Waals surface area (Å²) in [5.74, 6) is 0.837. The number of para-hydroxylation sites is 1. The summed E-state index contributed by atoms with van der Waals surface area (Å²) in [7, 11) is 0. The fraction of sp³-hybridized carbons (Fsp3) is 0.333. The van der Waals surface area contributed by atoms with Crippen molar-refractivity contribution in [1.29, 1.82) is 0 Å². The second-order valence-electron chi connectivity index (χ2n) is 5.29. The minimum atomic E-state index is 0.183. The van der Waals surface area contributed by atoms with Crippen LogP contribution in [0.1, 0.15) is 18.4 Å². The first-order valence-corrected chi connectivity index (χ1v) is 6.92. The van der Waals surface area contributed by atoms with Crippen molar-refractivity contribution in [2.24, 2.45) is 11.5 Å². The number of benzene rings is 1. The normalized spacial score (nSPS) is 22.7. The lowest BCUT2D eigenvalue weighted by Crippen LogP contribution is -2.45. The molecule has 1 atom stereocenters. The van der Waals surface area contributed by atoms with E-state index in [1.54, 1.807) is 18.2 Å². The van der Waals surface area contributed by atoms with Gasteiger partial charge in [-0.3, -0.25) is 0 Å². The van der Waals surface area contributed by atoms with Gasteiger partial charge in [0.15, 0.2) is 0 Å². The third kappa shape index (κ3) is 2.15. The van der Waals surface area contributed by atoms with Crippen molar-refractivity contribution >= 4 is 5.70 Å². The van der Waals surface area contributed by atoms with E-state index in [2.05, 4.69) is 10.2 Å². The Hall–Kier alpha value is -2.30. The number of phenols is 1. The fourth-order valence-corrected chi connectivity index (χ4v) is 2.94. The van der Waals surface area contributed by atoms with Gasteiger partial charge in [-0.1, -0.05) is 12.1 Å². The standard InChI is InChI=1S/C15H20N4O/c16-12(11-5-1-2-6-14(11)20)8-13-15(17)18-9-10-4-3-7-19(10)13/h1-2,5-6,8,10,18,20H,3-4,7,9,16-17H2/b12-8-. The summed E-state index contributed by atoms with van der Waals surface area (Å²) in [5, 5.41) is 13.1. The molecule has 0 bridgehead atoms. The van der Waals surface area contributed by atoms with Gasteiger partial charge in [0.2, 0.25) is 0 Å². The Kier molecular flexibility index (Phi) is 3.18. The van der Waals surface area contributed by atoms with E-state index in [1.807, 2.05) is 12.1 Å². The third-order valence-electron chi connectivity index (χ3n) is 4.00. The van der Waals surface area contributed by atoms with Crippen LogP contribution in [0.3, 0.4) is 0 Å². The first-order chi connectivity index (χ1) is 9.66. The number of fused-ring (bicyclic) bond motifs is 1. The highest BCUT2D eigenvalue weighted by molar-refractivity contribution is 5.70. The van der Waals surface area contributed by atoms with E-state index in [1.165, 1.54) is 12.8 Å². The molecule has 2 aliphatic heterocycles. The average Bonchev–Trinajstić information content (AvgIpc) is 2.91. The first kappa shape index (κ1) is 12.7. The van der Waals surface area contributed by atoms with Crippen LogP contribution in [0.2, 0.25) is 0 Å². The first-order valence-electron chi connectivity index (χ1n) is 6.92. The molecule has 0 aromatic heterocycles. The van der Waals surface area contributed by atoms with Crippen LogP contribution < -0.4 is 16.8 Å². The van der Waals surface area contributed by atoms with Gasteiger partial charge < -0.3 is 26.8 Å². The summed E-state index contributed by atoms with van der Waals surface area (Å²) in [6, 6.07) is 7.55. The zero-order valence-corrected chi connectivity index (χ0v) is 11.3. The number of rotatable bonds is 2. The molecule has 0 amide bonds. The smallest absolute Gasteiger partial charge is 0.124 e. The maximum Gasteiger partial charge on any atom is 0.124 e. The van der Waals surface area contributed by atoms with Crippen LogP contribution in [0.15, 0.2) is 41.9 Å². The van der Waals surface area contributed by atoms with Crippen molar-refractivity contribution in [2.45, 2.75) is 18.9 Å². The van der Waals surface area contributed by atoms with Crippen LogP contribution in [0.5, 0.6) is 5.75 Å². The number of nitrogens with one attached hydrogen (secondary N) is 1. The van der Waals surface area contributed by atoms with Gasteiger partial charge in [-0.2, -0.15) is 0 Å². The number of aromatic hydroxyl groups is 1. The van der Waals surface area contributed by atoms with Crippen LogP contribution in [-0.2, 0) is 0 Å². The molecule has 106 valence electrons. The van der Waals surface area contributed by atoms with Crippen molar-refractivity contribution in [3.63, 3.8) is 0 Å². The van der Waals surface area contributed by atoms with Crippen molar-refractivity contribution in [3.05, 3.63) is 47.4 Å². The molecule has 6 N–H and O–H groups in total. The van der Waals surface area contributed by atoms with Crippen LogP contribution in [0, 0.1) is 0 Å². The summed E-state index contributed by atoms with van der Waals surface area (Å²) in [4.78, 5) is 2.30. The molecule has 20 heavy (non-hydrogen) atoms. The number of phenolic OH excluding ortho intramolecular Hbond substituents is 1.